The Hall–Kier alpha value is -1.51. The van der Waals surface area contributed by atoms with Crippen molar-refractivity contribution in [2.24, 2.45) is 5.73 Å². The van der Waals surface area contributed by atoms with Crippen molar-refractivity contribution in [3.8, 4) is 5.75 Å². The summed E-state index contributed by atoms with van der Waals surface area (Å²) in [7, 11) is 0. The van der Waals surface area contributed by atoms with E-state index in [2.05, 4.69) is 59.7 Å². The summed E-state index contributed by atoms with van der Waals surface area (Å²) in [6.45, 7) is 13.9. The first-order valence-electron chi connectivity index (χ1n) is 7.62. The minimum atomic E-state index is 0.0389. The van der Waals surface area contributed by atoms with Gasteiger partial charge in [-0.25, -0.2) is 0 Å². The van der Waals surface area contributed by atoms with Crippen LogP contribution in [0.3, 0.4) is 0 Å². The van der Waals surface area contributed by atoms with Gasteiger partial charge >= 0.3 is 0 Å². The van der Waals surface area contributed by atoms with Crippen LogP contribution in [0.15, 0.2) is 18.2 Å². The van der Waals surface area contributed by atoms with Gasteiger partial charge in [-0.2, -0.15) is 0 Å². The molecule has 0 radical (unpaired) electrons. The fourth-order valence-electron chi connectivity index (χ4n) is 2.15. The Kier molecular flexibility index (Phi) is 5.43. The number of nitrogens with one attached hydrogen (secondary N) is 1. The highest BCUT2D eigenvalue weighted by Crippen LogP contribution is 2.35. The second kappa shape index (κ2) is 6.50. The topological polar surface area (TPSA) is 59.1 Å². The number of benzene rings is 1. The zero-order valence-corrected chi connectivity index (χ0v) is 14.3. The highest BCUT2D eigenvalue weighted by molar-refractivity contribution is 5.76. The summed E-state index contributed by atoms with van der Waals surface area (Å²) in [5.41, 5.74) is 8.09. The highest BCUT2D eigenvalue weighted by atomic mass is 16.5. The quantitative estimate of drug-likeness (QED) is 0.480. The average molecular weight is 290 g/mol. The summed E-state index contributed by atoms with van der Waals surface area (Å²) in [6.07, 6.45) is 1.37. The first-order valence-corrected chi connectivity index (χ1v) is 7.62. The Morgan fingerprint density at radius 2 is 1.71 bits per heavy atom. The zero-order valence-electron chi connectivity index (χ0n) is 14.3. The lowest BCUT2D eigenvalue weighted by Crippen LogP contribution is -2.18. The van der Waals surface area contributed by atoms with E-state index in [1.54, 1.807) is 0 Å². The molecule has 1 rings (SSSR count). The van der Waals surface area contributed by atoms with Gasteiger partial charge in [-0.3, -0.25) is 5.41 Å². The summed E-state index contributed by atoms with van der Waals surface area (Å²) in [5, 5.41) is 7.24. The molecule has 0 spiro atoms. The molecule has 0 amide bonds. The van der Waals surface area contributed by atoms with E-state index < -0.39 is 0 Å². The lowest BCUT2D eigenvalue weighted by molar-refractivity contribution is 0.304. The molecule has 0 heterocycles. The molecule has 0 saturated carbocycles. The molecule has 0 saturated heterocycles. The van der Waals surface area contributed by atoms with Crippen LogP contribution in [0.25, 0.3) is 0 Å². The van der Waals surface area contributed by atoms with Crippen molar-refractivity contribution in [1.82, 2.24) is 0 Å². The second-order valence-electron chi connectivity index (χ2n) is 7.69. The predicted molar refractivity (Wildman–Crippen MR) is 90.5 cm³/mol. The fraction of sp³-hybridized carbons (Fsp3) is 0.611. The molecule has 1 aromatic carbocycles. The number of nitrogens with two attached hydrogens (primary N) is 1. The van der Waals surface area contributed by atoms with E-state index >= 15 is 0 Å². The van der Waals surface area contributed by atoms with Gasteiger partial charge in [0.25, 0.3) is 0 Å². The molecule has 3 heteroatoms. The third-order valence-electron chi connectivity index (χ3n) is 3.50. The molecular weight excluding hydrogens is 260 g/mol. The minimum absolute atomic E-state index is 0.0389. The van der Waals surface area contributed by atoms with Crippen molar-refractivity contribution < 1.29 is 4.74 Å². The molecule has 0 aliphatic heterocycles. The second-order valence-corrected chi connectivity index (χ2v) is 7.69. The first-order chi connectivity index (χ1) is 9.51. The molecule has 3 N–H and O–H groups in total. The number of hydrogen-bond donors (Lipinski definition) is 2. The fourth-order valence-corrected chi connectivity index (χ4v) is 2.15. The minimum Gasteiger partial charge on any atom is -0.493 e. The van der Waals surface area contributed by atoms with Crippen molar-refractivity contribution in [3.63, 3.8) is 0 Å². The van der Waals surface area contributed by atoms with Gasteiger partial charge in [0.05, 0.1) is 12.4 Å². The average Bonchev–Trinajstić information content (AvgIpc) is 2.32. The number of rotatable bonds is 5. The van der Waals surface area contributed by atoms with Crippen LogP contribution in [0, 0.1) is 5.41 Å². The van der Waals surface area contributed by atoms with Crippen LogP contribution in [0.4, 0.5) is 0 Å². The number of hydrogen-bond acceptors (Lipinski definition) is 2. The molecule has 0 aliphatic rings. The Morgan fingerprint density at radius 1 is 1.10 bits per heavy atom. The van der Waals surface area contributed by atoms with Gasteiger partial charge < -0.3 is 10.5 Å². The predicted octanol–water partition coefficient (Wildman–Crippen LogP) is 4.38. The maximum atomic E-state index is 7.24. The molecule has 0 unspecified atom stereocenters. The molecule has 1 aromatic rings. The van der Waals surface area contributed by atoms with Crippen LogP contribution < -0.4 is 10.5 Å². The first kappa shape index (κ1) is 17.5. The van der Waals surface area contributed by atoms with E-state index in [-0.39, 0.29) is 16.7 Å². The number of amidine groups is 1. The van der Waals surface area contributed by atoms with Crippen molar-refractivity contribution >= 4 is 5.84 Å². The van der Waals surface area contributed by atoms with Gasteiger partial charge in [-0.05, 0) is 34.4 Å². The smallest absolute Gasteiger partial charge is 0.123 e. The van der Waals surface area contributed by atoms with Gasteiger partial charge in [0.15, 0.2) is 0 Å². The van der Waals surface area contributed by atoms with Crippen molar-refractivity contribution in [3.05, 3.63) is 29.3 Å². The van der Waals surface area contributed by atoms with Crippen LogP contribution in [0.1, 0.15) is 65.5 Å². The van der Waals surface area contributed by atoms with Crippen LogP contribution in [0.5, 0.6) is 5.75 Å². The normalized spacial score (nSPS) is 12.3. The van der Waals surface area contributed by atoms with Gasteiger partial charge in [0.1, 0.15) is 5.75 Å². The molecule has 21 heavy (non-hydrogen) atoms. The van der Waals surface area contributed by atoms with Crippen molar-refractivity contribution in [2.75, 3.05) is 6.61 Å². The molecule has 0 atom stereocenters. The molecule has 118 valence electrons. The Balaban J connectivity index is 2.96. The van der Waals surface area contributed by atoms with Gasteiger partial charge in [0, 0.05) is 6.42 Å². The van der Waals surface area contributed by atoms with Gasteiger partial charge in [-0.1, -0.05) is 53.7 Å². The molecule has 0 bridgehead atoms. The van der Waals surface area contributed by atoms with E-state index in [1.807, 2.05) is 0 Å². The third-order valence-corrected chi connectivity index (χ3v) is 3.50. The van der Waals surface area contributed by atoms with Crippen LogP contribution in [-0.2, 0) is 10.8 Å². The summed E-state index contributed by atoms with van der Waals surface area (Å²) >= 11 is 0. The van der Waals surface area contributed by atoms with E-state index in [9.17, 15) is 0 Å². The molecule has 3 nitrogen and oxygen atoms in total. The summed E-state index contributed by atoms with van der Waals surface area (Å²) < 4.78 is 5.93. The largest absolute Gasteiger partial charge is 0.493 e. The summed E-state index contributed by atoms with van der Waals surface area (Å²) in [5.74, 6) is 1.16. The molecule has 0 aliphatic carbocycles. The monoisotopic (exact) mass is 290 g/mol. The van der Waals surface area contributed by atoms with Crippen LogP contribution in [-0.4, -0.2) is 12.4 Å². The lowest BCUT2D eigenvalue weighted by Gasteiger charge is -2.27. The Labute approximate surface area is 129 Å². The van der Waals surface area contributed by atoms with Gasteiger partial charge in [0.2, 0.25) is 0 Å². The number of ether oxygens (including phenoxy) is 1. The summed E-state index contributed by atoms with van der Waals surface area (Å²) in [6, 6.07) is 6.49. The van der Waals surface area contributed by atoms with Crippen LogP contribution >= 0.6 is 0 Å². The zero-order chi connectivity index (χ0) is 16.3. The molecular formula is C18H30N2O. The van der Waals surface area contributed by atoms with E-state index in [1.165, 1.54) is 11.1 Å². The molecule has 0 aromatic heterocycles. The maximum absolute atomic E-state index is 7.24. The highest BCUT2D eigenvalue weighted by Gasteiger charge is 2.22. The van der Waals surface area contributed by atoms with E-state index in [0.29, 0.717) is 13.0 Å². The molecule has 0 fully saturated rings. The van der Waals surface area contributed by atoms with Crippen molar-refractivity contribution in [1.29, 1.82) is 5.41 Å². The third kappa shape index (κ3) is 5.41. The van der Waals surface area contributed by atoms with E-state index in [0.717, 1.165) is 12.2 Å². The van der Waals surface area contributed by atoms with E-state index in [4.69, 9.17) is 15.9 Å². The lowest BCUT2D eigenvalue weighted by atomic mass is 9.80. The standard InChI is InChI=1S/C18H30N2O/c1-17(2,3)13-9-10-15(14(12-13)18(4,5)6)21-11-7-8-16(19)20/h9-10,12H,7-8,11H2,1-6H3,(H3,19,20). The summed E-state index contributed by atoms with van der Waals surface area (Å²) in [4.78, 5) is 0. The van der Waals surface area contributed by atoms with Crippen molar-refractivity contribution in [2.45, 2.75) is 65.2 Å². The maximum Gasteiger partial charge on any atom is 0.123 e. The Morgan fingerprint density at radius 3 is 2.19 bits per heavy atom. The van der Waals surface area contributed by atoms with Crippen LogP contribution in [0.2, 0.25) is 0 Å². The van der Waals surface area contributed by atoms with Gasteiger partial charge in [-0.15, -0.1) is 0 Å². The Bertz CT molecular complexity index is 493. The SMILES string of the molecule is CC(C)(C)c1ccc(OCCCC(=N)N)c(C(C)(C)C)c1.